The van der Waals surface area contributed by atoms with Crippen molar-refractivity contribution in [3.63, 3.8) is 0 Å². The second kappa shape index (κ2) is 8.46. The van der Waals surface area contributed by atoms with Crippen molar-refractivity contribution in [1.82, 2.24) is 4.98 Å². The van der Waals surface area contributed by atoms with Gasteiger partial charge in [-0.25, -0.2) is 0 Å². The lowest BCUT2D eigenvalue weighted by Crippen LogP contribution is -1.97. The van der Waals surface area contributed by atoms with Crippen LogP contribution in [0.3, 0.4) is 0 Å². The van der Waals surface area contributed by atoms with Crippen LogP contribution in [0.1, 0.15) is 44.6 Å². The van der Waals surface area contributed by atoms with Crippen LogP contribution in [0.4, 0.5) is 0 Å². The van der Waals surface area contributed by atoms with Crippen LogP contribution in [0.15, 0.2) is 42.6 Å². The maximum absolute atomic E-state index is 5.73. The Morgan fingerprint density at radius 2 is 1.67 bits per heavy atom. The number of aryl methyl sites for hydroxylation is 1. The molecule has 0 N–H and O–H groups in total. The molecule has 0 saturated heterocycles. The molecular weight excluding hydrogens is 258 g/mol. The van der Waals surface area contributed by atoms with E-state index in [0.717, 1.165) is 30.0 Å². The Balaban J connectivity index is 1.80. The summed E-state index contributed by atoms with van der Waals surface area (Å²) in [6.45, 7) is 5.11. The third-order valence-corrected chi connectivity index (χ3v) is 3.60. The highest BCUT2D eigenvalue weighted by Crippen LogP contribution is 2.20. The van der Waals surface area contributed by atoms with Gasteiger partial charge in [-0.05, 0) is 25.5 Å². The van der Waals surface area contributed by atoms with Gasteiger partial charge >= 0.3 is 0 Å². The number of hydrogen-bond donors (Lipinski definition) is 0. The van der Waals surface area contributed by atoms with Gasteiger partial charge < -0.3 is 4.74 Å². The molecule has 0 saturated carbocycles. The van der Waals surface area contributed by atoms with Gasteiger partial charge in [-0.1, -0.05) is 62.4 Å². The molecule has 1 aromatic carbocycles. The van der Waals surface area contributed by atoms with Crippen LogP contribution in [0.25, 0.3) is 11.3 Å². The molecule has 0 aliphatic heterocycles. The van der Waals surface area contributed by atoms with Crippen LogP contribution in [0.5, 0.6) is 5.75 Å². The van der Waals surface area contributed by atoms with E-state index in [1.165, 1.54) is 31.2 Å². The fraction of sp³-hybridized carbons (Fsp3) is 0.421. The van der Waals surface area contributed by atoms with Crippen molar-refractivity contribution < 1.29 is 4.74 Å². The molecule has 2 rings (SSSR count). The van der Waals surface area contributed by atoms with Crippen molar-refractivity contribution >= 4 is 0 Å². The Hall–Kier alpha value is -1.83. The third kappa shape index (κ3) is 5.22. The van der Waals surface area contributed by atoms with E-state index in [4.69, 9.17) is 4.74 Å². The van der Waals surface area contributed by atoms with Crippen molar-refractivity contribution in [2.45, 2.75) is 46.0 Å². The average molecular weight is 283 g/mol. The van der Waals surface area contributed by atoms with Gasteiger partial charge in [0, 0.05) is 5.56 Å². The summed E-state index contributed by atoms with van der Waals surface area (Å²) in [6, 6.07) is 12.5. The van der Waals surface area contributed by atoms with Crippen molar-refractivity contribution in [3.05, 3.63) is 48.2 Å². The average Bonchev–Trinajstić information content (AvgIpc) is 2.52. The van der Waals surface area contributed by atoms with E-state index in [9.17, 15) is 0 Å². The zero-order valence-electron chi connectivity index (χ0n) is 13.1. The largest absolute Gasteiger partial charge is 0.492 e. The number of nitrogens with zero attached hydrogens (tertiary/aromatic N) is 1. The van der Waals surface area contributed by atoms with Gasteiger partial charge in [-0.2, -0.15) is 0 Å². The molecule has 0 aliphatic rings. The number of benzene rings is 1. The zero-order chi connectivity index (χ0) is 14.9. The van der Waals surface area contributed by atoms with Gasteiger partial charge in [0.1, 0.15) is 5.75 Å². The molecule has 2 nitrogen and oxygen atoms in total. The molecule has 2 heteroatoms. The lowest BCUT2D eigenvalue weighted by Gasteiger charge is -2.07. The van der Waals surface area contributed by atoms with E-state index < -0.39 is 0 Å². The standard InChI is InChI=1S/C19H25NO/c1-3-4-5-6-7-14-21-18-12-13-19(20-15-18)17-10-8-16(2)9-11-17/h8-13,15H,3-7,14H2,1-2H3. The van der Waals surface area contributed by atoms with E-state index in [1.807, 2.05) is 18.3 Å². The molecule has 0 unspecified atom stereocenters. The molecule has 2 aromatic rings. The number of hydrogen-bond acceptors (Lipinski definition) is 2. The summed E-state index contributed by atoms with van der Waals surface area (Å²) in [4.78, 5) is 4.48. The fourth-order valence-corrected chi connectivity index (χ4v) is 2.26. The number of ether oxygens (including phenoxy) is 1. The SMILES string of the molecule is CCCCCCCOc1ccc(-c2ccc(C)cc2)nc1. The summed E-state index contributed by atoms with van der Waals surface area (Å²) in [7, 11) is 0. The topological polar surface area (TPSA) is 22.1 Å². The molecule has 21 heavy (non-hydrogen) atoms. The molecule has 0 bridgehead atoms. The first-order valence-electron chi connectivity index (χ1n) is 7.95. The Kier molecular flexibility index (Phi) is 6.26. The van der Waals surface area contributed by atoms with E-state index in [1.54, 1.807) is 0 Å². The lowest BCUT2D eigenvalue weighted by atomic mass is 10.1. The molecule has 112 valence electrons. The highest BCUT2D eigenvalue weighted by Gasteiger charge is 2.00. The van der Waals surface area contributed by atoms with Gasteiger partial charge in [-0.3, -0.25) is 4.98 Å². The Morgan fingerprint density at radius 3 is 2.33 bits per heavy atom. The third-order valence-electron chi connectivity index (χ3n) is 3.60. The normalized spacial score (nSPS) is 10.6. The number of rotatable bonds is 8. The van der Waals surface area contributed by atoms with Gasteiger partial charge in [0.05, 0.1) is 18.5 Å². The molecule has 0 radical (unpaired) electrons. The predicted molar refractivity (Wildman–Crippen MR) is 88.7 cm³/mol. The van der Waals surface area contributed by atoms with Crippen LogP contribution in [0, 0.1) is 6.92 Å². The molecule has 0 spiro atoms. The van der Waals surface area contributed by atoms with Crippen molar-refractivity contribution in [3.8, 4) is 17.0 Å². The van der Waals surface area contributed by atoms with E-state index in [-0.39, 0.29) is 0 Å². The minimum Gasteiger partial charge on any atom is -0.492 e. The number of aromatic nitrogens is 1. The molecule has 0 atom stereocenters. The second-order valence-electron chi connectivity index (χ2n) is 5.51. The monoisotopic (exact) mass is 283 g/mol. The van der Waals surface area contributed by atoms with Crippen molar-refractivity contribution in [2.75, 3.05) is 6.61 Å². The molecule has 1 aromatic heterocycles. The molecule has 0 amide bonds. The second-order valence-corrected chi connectivity index (χ2v) is 5.51. The van der Waals surface area contributed by atoms with Crippen LogP contribution in [-0.4, -0.2) is 11.6 Å². The highest BCUT2D eigenvalue weighted by atomic mass is 16.5. The van der Waals surface area contributed by atoms with Crippen molar-refractivity contribution in [1.29, 1.82) is 0 Å². The summed E-state index contributed by atoms with van der Waals surface area (Å²) in [5.74, 6) is 0.862. The fourth-order valence-electron chi connectivity index (χ4n) is 2.26. The molecular formula is C19H25NO. The maximum Gasteiger partial charge on any atom is 0.137 e. The van der Waals surface area contributed by atoms with Crippen LogP contribution in [-0.2, 0) is 0 Å². The maximum atomic E-state index is 5.73. The molecule has 1 heterocycles. The number of pyridine rings is 1. The summed E-state index contributed by atoms with van der Waals surface area (Å²) >= 11 is 0. The van der Waals surface area contributed by atoms with E-state index in [0.29, 0.717) is 0 Å². The Bertz CT molecular complexity index is 516. The first-order chi connectivity index (χ1) is 10.3. The Labute approximate surface area is 128 Å². The lowest BCUT2D eigenvalue weighted by molar-refractivity contribution is 0.303. The summed E-state index contributed by atoms with van der Waals surface area (Å²) in [5.41, 5.74) is 3.40. The zero-order valence-corrected chi connectivity index (χ0v) is 13.1. The summed E-state index contributed by atoms with van der Waals surface area (Å²) in [6.07, 6.45) is 8.12. The Morgan fingerprint density at radius 1 is 0.905 bits per heavy atom. The van der Waals surface area contributed by atoms with Crippen LogP contribution >= 0.6 is 0 Å². The molecule has 0 aliphatic carbocycles. The van der Waals surface area contributed by atoms with E-state index in [2.05, 4.69) is 43.1 Å². The van der Waals surface area contributed by atoms with Gasteiger partial charge in [0.2, 0.25) is 0 Å². The predicted octanol–water partition coefficient (Wildman–Crippen LogP) is 5.41. The van der Waals surface area contributed by atoms with E-state index >= 15 is 0 Å². The minimum atomic E-state index is 0.787. The summed E-state index contributed by atoms with van der Waals surface area (Å²) < 4.78 is 5.73. The number of unbranched alkanes of at least 4 members (excludes halogenated alkanes) is 4. The highest BCUT2D eigenvalue weighted by molar-refractivity contribution is 5.59. The van der Waals surface area contributed by atoms with Crippen LogP contribution in [0.2, 0.25) is 0 Å². The van der Waals surface area contributed by atoms with Gasteiger partial charge in [-0.15, -0.1) is 0 Å². The smallest absolute Gasteiger partial charge is 0.137 e. The molecule has 0 fully saturated rings. The first kappa shape index (κ1) is 15.6. The van der Waals surface area contributed by atoms with Crippen LogP contribution < -0.4 is 4.74 Å². The minimum absolute atomic E-state index is 0.787. The van der Waals surface area contributed by atoms with Gasteiger partial charge in [0.15, 0.2) is 0 Å². The first-order valence-corrected chi connectivity index (χ1v) is 7.95. The quantitative estimate of drug-likeness (QED) is 0.605. The summed E-state index contributed by atoms with van der Waals surface area (Å²) in [5, 5.41) is 0. The van der Waals surface area contributed by atoms with Crippen molar-refractivity contribution in [2.24, 2.45) is 0 Å². The van der Waals surface area contributed by atoms with Gasteiger partial charge in [0.25, 0.3) is 0 Å².